The van der Waals surface area contributed by atoms with Crippen molar-refractivity contribution in [1.82, 2.24) is 4.90 Å². The minimum atomic E-state index is -0.445. The number of Topliss-reactive ketones (excluding diaryl/α,β-unsaturated/α-hetero) is 1. The number of furan rings is 1. The SMILES string of the molecule is CC(=O)c1oc2ccccc2c1NC(=O)C(C)N1CCN(c2ccc(C(N)=O)cc2)CC1. The molecule has 32 heavy (non-hydrogen) atoms. The molecule has 1 saturated heterocycles. The Balaban J connectivity index is 1.41. The van der Waals surface area contributed by atoms with E-state index in [1.54, 1.807) is 18.2 Å². The van der Waals surface area contributed by atoms with Crippen molar-refractivity contribution in [2.45, 2.75) is 19.9 Å². The van der Waals surface area contributed by atoms with Crippen LogP contribution in [0.2, 0.25) is 0 Å². The van der Waals surface area contributed by atoms with E-state index in [0.29, 0.717) is 35.3 Å². The van der Waals surface area contributed by atoms with Gasteiger partial charge < -0.3 is 20.4 Å². The molecule has 3 N–H and O–H groups in total. The van der Waals surface area contributed by atoms with Crippen LogP contribution in [-0.4, -0.2) is 54.7 Å². The summed E-state index contributed by atoms with van der Waals surface area (Å²) in [7, 11) is 0. The highest BCUT2D eigenvalue weighted by Gasteiger charge is 2.28. The minimum absolute atomic E-state index is 0.163. The first kappa shape index (κ1) is 21.6. The molecule has 0 spiro atoms. The van der Waals surface area contributed by atoms with Crippen molar-refractivity contribution in [1.29, 1.82) is 0 Å². The molecule has 8 heteroatoms. The molecule has 1 aliphatic rings. The second-order valence-corrected chi connectivity index (χ2v) is 7.96. The first-order valence-electron chi connectivity index (χ1n) is 10.6. The molecule has 8 nitrogen and oxygen atoms in total. The van der Waals surface area contributed by atoms with Gasteiger partial charge in [-0.05, 0) is 43.3 Å². The molecular formula is C24H26N4O4. The highest BCUT2D eigenvalue weighted by atomic mass is 16.3. The second-order valence-electron chi connectivity index (χ2n) is 7.96. The molecular weight excluding hydrogens is 408 g/mol. The van der Waals surface area contributed by atoms with Gasteiger partial charge in [0.25, 0.3) is 0 Å². The highest BCUT2D eigenvalue weighted by Crippen LogP contribution is 2.31. The number of para-hydroxylation sites is 1. The lowest BCUT2D eigenvalue weighted by Crippen LogP contribution is -2.52. The van der Waals surface area contributed by atoms with Crippen LogP contribution >= 0.6 is 0 Å². The Labute approximate surface area is 186 Å². The summed E-state index contributed by atoms with van der Waals surface area (Å²) in [4.78, 5) is 40.6. The average Bonchev–Trinajstić information content (AvgIpc) is 3.17. The van der Waals surface area contributed by atoms with Crippen molar-refractivity contribution < 1.29 is 18.8 Å². The van der Waals surface area contributed by atoms with Crippen LogP contribution < -0.4 is 16.0 Å². The van der Waals surface area contributed by atoms with E-state index in [1.807, 2.05) is 37.3 Å². The van der Waals surface area contributed by atoms with Gasteiger partial charge in [-0.15, -0.1) is 0 Å². The molecule has 1 aromatic heterocycles. The van der Waals surface area contributed by atoms with E-state index in [4.69, 9.17) is 10.2 Å². The Bertz CT molecular complexity index is 1160. The number of ketones is 1. The van der Waals surface area contributed by atoms with Gasteiger partial charge in [-0.3, -0.25) is 19.3 Å². The third-order valence-electron chi connectivity index (χ3n) is 5.92. The summed E-state index contributed by atoms with van der Waals surface area (Å²) in [6.07, 6.45) is 0. The standard InChI is InChI=1S/C24H26N4O4/c1-15(24(31)26-21-19-5-3-4-6-20(19)32-22(21)16(2)29)27-11-13-28(14-12-27)18-9-7-17(8-10-18)23(25)30/h3-10,15H,11-14H2,1-2H3,(H2,25,30)(H,26,31). The number of hydrogen-bond acceptors (Lipinski definition) is 6. The second kappa shape index (κ2) is 8.84. The number of benzene rings is 2. The Hall–Kier alpha value is -3.65. The van der Waals surface area contributed by atoms with Gasteiger partial charge in [-0.2, -0.15) is 0 Å². The van der Waals surface area contributed by atoms with Gasteiger partial charge >= 0.3 is 0 Å². The van der Waals surface area contributed by atoms with Crippen LogP contribution in [0.15, 0.2) is 52.9 Å². The van der Waals surface area contributed by atoms with Gasteiger partial charge in [0.05, 0.1) is 11.7 Å². The summed E-state index contributed by atoms with van der Waals surface area (Å²) < 4.78 is 5.66. The minimum Gasteiger partial charge on any atom is -0.451 e. The van der Waals surface area contributed by atoms with Crippen LogP contribution in [0.25, 0.3) is 11.0 Å². The number of nitrogens with zero attached hydrogens (tertiary/aromatic N) is 2. The normalized spacial score (nSPS) is 15.5. The van der Waals surface area contributed by atoms with Crippen LogP contribution in [0.3, 0.4) is 0 Å². The largest absolute Gasteiger partial charge is 0.451 e. The Morgan fingerprint density at radius 2 is 1.66 bits per heavy atom. The monoisotopic (exact) mass is 434 g/mol. The number of nitrogens with two attached hydrogens (primary N) is 1. The molecule has 1 unspecified atom stereocenters. The van der Waals surface area contributed by atoms with Crippen LogP contribution in [0, 0.1) is 0 Å². The third-order valence-corrected chi connectivity index (χ3v) is 5.92. The van der Waals surface area contributed by atoms with E-state index < -0.39 is 5.91 Å². The maximum atomic E-state index is 13.0. The summed E-state index contributed by atoms with van der Waals surface area (Å²) in [5, 5.41) is 3.63. The maximum Gasteiger partial charge on any atom is 0.248 e. The zero-order valence-corrected chi connectivity index (χ0v) is 18.1. The fourth-order valence-corrected chi connectivity index (χ4v) is 4.01. The fraction of sp³-hybridized carbons (Fsp3) is 0.292. The summed E-state index contributed by atoms with van der Waals surface area (Å²) in [6.45, 7) is 6.20. The van der Waals surface area contributed by atoms with Crippen molar-refractivity contribution >= 4 is 39.9 Å². The van der Waals surface area contributed by atoms with Crippen LogP contribution in [0.1, 0.15) is 34.8 Å². The number of piperazine rings is 1. The van der Waals surface area contributed by atoms with Crippen molar-refractivity contribution in [3.05, 3.63) is 59.9 Å². The van der Waals surface area contributed by atoms with Gasteiger partial charge in [0.2, 0.25) is 11.8 Å². The molecule has 1 aliphatic heterocycles. The molecule has 2 amide bonds. The first-order valence-corrected chi connectivity index (χ1v) is 10.6. The number of rotatable bonds is 6. The lowest BCUT2D eigenvalue weighted by Gasteiger charge is -2.38. The molecule has 0 radical (unpaired) electrons. The lowest BCUT2D eigenvalue weighted by molar-refractivity contribution is -0.120. The number of fused-ring (bicyclic) bond motifs is 1. The number of carbonyl (C=O) groups excluding carboxylic acids is 3. The van der Waals surface area contributed by atoms with Crippen molar-refractivity contribution in [2.24, 2.45) is 5.73 Å². The van der Waals surface area contributed by atoms with Crippen molar-refractivity contribution in [2.75, 3.05) is 36.4 Å². The Morgan fingerprint density at radius 3 is 2.28 bits per heavy atom. The van der Waals surface area contributed by atoms with Gasteiger partial charge in [0.15, 0.2) is 11.5 Å². The Kier molecular flexibility index (Phi) is 5.96. The number of carbonyl (C=O) groups is 3. The number of hydrogen-bond donors (Lipinski definition) is 2. The van der Waals surface area contributed by atoms with E-state index in [-0.39, 0.29) is 23.5 Å². The molecule has 4 rings (SSSR count). The quantitative estimate of drug-likeness (QED) is 0.578. The molecule has 0 bridgehead atoms. The van der Waals surface area contributed by atoms with E-state index >= 15 is 0 Å². The van der Waals surface area contributed by atoms with Crippen molar-refractivity contribution in [3.63, 3.8) is 0 Å². The van der Waals surface area contributed by atoms with Gasteiger partial charge in [-0.25, -0.2) is 0 Å². The molecule has 2 heterocycles. The molecule has 1 atom stereocenters. The van der Waals surface area contributed by atoms with E-state index in [1.165, 1.54) is 6.92 Å². The predicted molar refractivity (Wildman–Crippen MR) is 123 cm³/mol. The van der Waals surface area contributed by atoms with Crippen LogP contribution in [0.5, 0.6) is 0 Å². The molecule has 0 saturated carbocycles. The number of amides is 2. The molecule has 1 fully saturated rings. The maximum absolute atomic E-state index is 13.0. The molecule has 3 aromatic rings. The van der Waals surface area contributed by atoms with Gasteiger partial charge in [0, 0.05) is 49.7 Å². The number of primary amides is 1. The molecule has 0 aliphatic carbocycles. The summed E-state index contributed by atoms with van der Waals surface area (Å²) in [5.41, 5.74) is 7.80. The summed E-state index contributed by atoms with van der Waals surface area (Å²) >= 11 is 0. The zero-order chi connectivity index (χ0) is 22.8. The van der Waals surface area contributed by atoms with Crippen molar-refractivity contribution in [3.8, 4) is 0 Å². The fourth-order valence-electron chi connectivity index (χ4n) is 4.01. The van der Waals surface area contributed by atoms with Crippen LogP contribution in [0.4, 0.5) is 11.4 Å². The summed E-state index contributed by atoms with van der Waals surface area (Å²) in [6, 6.07) is 14.1. The van der Waals surface area contributed by atoms with E-state index in [2.05, 4.69) is 15.1 Å². The Morgan fingerprint density at radius 1 is 1.00 bits per heavy atom. The van der Waals surface area contributed by atoms with Gasteiger partial charge in [-0.1, -0.05) is 12.1 Å². The number of nitrogens with one attached hydrogen (secondary N) is 1. The zero-order valence-electron chi connectivity index (χ0n) is 18.1. The molecule has 2 aromatic carbocycles. The van der Waals surface area contributed by atoms with Crippen LogP contribution in [-0.2, 0) is 4.79 Å². The number of anilines is 2. The smallest absolute Gasteiger partial charge is 0.248 e. The summed E-state index contributed by atoms with van der Waals surface area (Å²) in [5.74, 6) is -0.700. The molecule has 166 valence electrons. The average molecular weight is 434 g/mol. The third kappa shape index (κ3) is 4.22. The van der Waals surface area contributed by atoms with E-state index in [0.717, 1.165) is 18.8 Å². The topological polar surface area (TPSA) is 109 Å². The highest BCUT2D eigenvalue weighted by molar-refractivity contribution is 6.11. The lowest BCUT2D eigenvalue weighted by atomic mass is 10.1. The van der Waals surface area contributed by atoms with E-state index in [9.17, 15) is 14.4 Å². The first-order chi connectivity index (χ1) is 15.3. The predicted octanol–water partition coefficient (Wildman–Crippen LogP) is 2.88. The van der Waals surface area contributed by atoms with Gasteiger partial charge in [0.1, 0.15) is 5.58 Å².